The molecule has 0 aromatic carbocycles. The van der Waals surface area contributed by atoms with Gasteiger partial charge in [0.1, 0.15) is 0 Å². The molecule has 2 unspecified atom stereocenters. The SMILES string of the molecule is CN(C/C=C/Cl)C1CC2CCC(C1)N2. The molecule has 2 rings (SSSR count). The van der Waals surface area contributed by atoms with Crippen LogP contribution in [0.3, 0.4) is 0 Å². The third-order valence-corrected chi connectivity index (χ3v) is 3.73. The monoisotopic (exact) mass is 214 g/mol. The predicted octanol–water partition coefficient (Wildman–Crippen LogP) is 1.95. The van der Waals surface area contributed by atoms with Gasteiger partial charge >= 0.3 is 0 Å². The van der Waals surface area contributed by atoms with Gasteiger partial charge in [-0.1, -0.05) is 17.7 Å². The Morgan fingerprint density at radius 1 is 1.36 bits per heavy atom. The lowest BCUT2D eigenvalue weighted by Gasteiger charge is -2.35. The first-order valence-electron chi connectivity index (χ1n) is 5.51. The first kappa shape index (κ1) is 10.5. The fraction of sp³-hybridized carbons (Fsp3) is 0.818. The summed E-state index contributed by atoms with van der Waals surface area (Å²) in [5.41, 5.74) is 1.62. The quantitative estimate of drug-likeness (QED) is 0.773. The van der Waals surface area contributed by atoms with Gasteiger partial charge in [0, 0.05) is 30.2 Å². The molecule has 14 heavy (non-hydrogen) atoms. The molecule has 2 aliphatic heterocycles. The zero-order chi connectivity index (χ0) is 9.97. The van der Waals surface area contributed by atoms with Gasteiger partial charge in [-0.25, -0.2) is 0 Å². The van der Waals surface area contributed by atoms with Crippen LogP contribution in [-0.4, -0.2) is 36.6 Å². The molecule has 2 atom stereocenters. The molecule has 0 amide bonds. The Kier molecular flexibility index (Phi) is 3.47. The number of hydrogen-bond donors (Lipinski definition) is 1. The highest BCUT2D eigenvalue weighted by Gasteiger charge is 2.34. The molecule has 0 aromatic rings. The third kappa shape index (κ3) is 2.30. The minimum atomic E-state index is 0.751. The Labute approximate surface area is 91.3 Å². The Hall–Kier alpha value is -0.0500. The van der Waals surface area contributed by atoms with Crippen molar-refractivity contribution in [2.24, 2.45) is 0 Å². The van der Waals surface area contributed by atoms with Crippen molar-refractivity contribution in [2.75, 3.05) is 13.6 Å². The summed E-state index contributed by atoms with van der Waals surface area (Å²) < 4.78 is 0. The first-order chi connectivity index (χ1) is 6.79. The van der Waals surface area contributed by atoms with Crippen molar-refractivity contribution in [3.05, 3.63) is 11.6 Å². The van der Waals surface area contributed by atoms with Gasteiger partial charge in [-0.3, -0.25) is 4.90 Å². The summed E-state index contributed by atoms with van der Waals surface area (Å²) in [7, 11) is 2.20. The van der Waals surface area contributed by atoms with Gasteiger partial charge in [0.15, 0.2) is 0 Å². The van der Waals surface area contributed by atoms with E-state index in [0.717, 1.165) is 24.7 Å². The number of fused-ring (bicyclic) bond motifs is 2. The van der Waals surface area contributed by atoms with E-state index in [0.29, 0.717) is 0 Å². The molecule has 3 heteroatoms. The average molecular weight is 215 g/mol. The van der Waals surface area contributed by atoms with Crippen molar-refractivity contribution in [2.45, 2.75) is 43.8 Å². The second kappa shape index (κ2) is 4.65. The lowest BCUT2D eigenvalue weighted by Crippen LogP contribution is -2.46. The van der Waals surface area contributed by atoms with E-state index in [1.54, 1.807) is 5.54 Å². The van der Waals surface area contributed by atoms with Crippen LogP contribution in [0, 0.1) is 0 Å². The van der Waals surface area contributed by atoms with Gasteiger partial charge in [-0.15, -0.1) is 0 Å². The van der Waals surface area contributed by atoms with E-state index in [9.17, 15) is 0 Å². The molecule has 2 aliphatic rings. The minimum Gasteiger partial charge on any atom is -0.311 e. The van der Waals surface area contributed by atoms with E-state index in [4.69, 9.17) is 11.6 Å². The summed E-state index contributed by atoms with van der Waals surface area (Å²) in [5.74, 6) is 0. The largest absolute Gasteiger partial charge is 0.311 e. The van der Waals surface area contributed by atoms with E-state index in [1.165, 1.54) is 25.7 Å². The molecule has 0 aliphatic carbocycles. The zero-order valence-corrected chi connectivity index (χ0v) is 9.50. The Balaban J connectivity index is 1.86. The number of likely N-dealkylation sites (N-methyl/N-ethyl adjacent to an activating group) is 1. The number of halogens is 1. The topological polar surface area (TPSA) is 15.3 Å². The summed E-state index contributed by atoms with van der Waals surface area (Å²) >= 11 is 5.53. The average Bonchev–Trinajstić information content (AvgIpc) is 2.54. The molecule has 0 saturated carbocycles. The highest BCUT2D eigenvalue weighted by atomic mass is 35.5. The van der Waals surface area contributed by atoms with Gasteiger partial charge in [-0.2, -0.15) is 0 Å². The van der Waals surface area contributed by atoms with Gasteiger partial charge in [0.2, 0.25) is 0 Å². The normalized spacial score (nSPS) is 37.2. The molecule has 2 saturated heterocycles. The van der Waals surface area contributed by atoms with Crippen LogP contribution in [0.1, 0.15) is 25.7 Å². The van der Waals surface area contributed by atoms with Crippen LogP contribution in [0.4, 0.5) is 0 Å². The molecule has 2 heterocycles. The van der Waals surface area contributed by atoms with E-state index < -0.39 is 0 Å². The fourth-order valence-corrected chi connectivity index (χ4v) is 2.82. The van der Waals surface area contributed by atoms with Gasteiger partial charge < -0.3 is 5.32 Å². The van der Waals surface area contributed by atoms with Crippen LogP contribution in [0.25, 0.3) is 0 Å². The standard InChI is InChI=1S/C11H19ClN2/c1-14(6-2-5-12)11-7-9-3-4-10(8-11)13-9/h2,5,9-11,13H,3-4,6-8H2,1H3/b5-2+. The molecular formula is C11H19ClN2. The fourth-order valence-electron chi connectivity index (χ4n) is 2.74. The highest BCUT2D eigenvalue weighted by Crippen LogP contribution is 2.29. The van der Waals surface area contributed by atoms with Crippen LogP contribution < -0.4 is 5.32 Å². The molecular weight excluding hydrogens is 196 g/mol. The Bertz CT molecular complexity index is 205. The number of nitrogens with zero attached hydrogens (tertiary/aromatic N) is 1. The van der Waals surface area contributed by atoms with Crippen molar-refractivity contribution >= 4 is 11.6 Å². The maximum atomic E-state index is 5.53. The molecule has 0 aromatic heterocycles. The zero-order valence-electron chi connectivity index (χ0n) is 8.75. The maximum Gasteiger partial charge on any atom is 0.0174 e. The van der Waals surface area contributed by atoms with Crippen LogP contribution in [-0.2, 0) is 0 Å². The summed E-state index contributed by atoms with van der Waals surface area (Å²) in [6.45, 7) is 0.980. The minimum absolute atomic E-state index is 0.751. The summed E-state index contributed by atoms with van der Waals surface area (Å²) in [6.07, 6.45) is 7.39. The van der Waals surface area contributed by atoms with E-state index in [-0.39, 0.29) is 0 Å². The molecule has 2 bridgehead atoms. The van der Waals surface area contributed by atoms with E-state index >= 15 is 0 Å². The second-order valence-electron chi connectivity index (χ2n) is 4.56. The van der Waals surface area contributed by atoms with Crippen LogP contribution >= 0.6 is 11.6 Å². The molecule has 1 N–H and O–H groups in total. The first-order valence-corrected chi connectivity index (χ1v) is 5.94. The summed E-state index contributed by atoms with van der Waals surface area (Å²) in [5, 5.41) is 3.66. The predicted molar refractivity (Wildman–Crippen MR) is 60.6 cm³/mol. The number of rotatable bonds is 3. The highest BCUT2D eigenvalue weighted by molar-refractivity contribution is 6.25. The van der Waals surface area contributed by atoms with Crippen LogP contribution in [0.5, 0.6) is 0 Å². The van der Waals surface area contributed by atoms with Crippen LogP contribution in [0.2, 0.25) is 0 Å². The number of hydrogen-bond acceptors (Lipinski definition) is 2. The molecule has 2 fully saturated rings. The molecule has 2 nitrogen and oxygen atoms in total. The van der Waals surface area contributed by atoms with Crippen molar-refractivity contribution in [3.63, 3.8) is 0 Å². The third-order valence-electron chi connectivity index (χ3n) is 3.55. The number of nitrogens with one attached hydrogen (secondary N) is 1. The van der Waals surface area contributed by atoms with E-state index in [2.05, 4.69) is 17.3 Å². The Morgan fingerprint density at radius 2 is 2.00 bits per heavy atom. The van der Waals surface area contributed by atoms with Crippen LogP contribution in [0.15, 0.2) is 11.6 Å². The number of piperidine rings is 1. The van der Waals surface area contributed by atoms with Crippen molar-refractivity contribution in [1.82, 2.24) is 10.2 Å². The lowest BCUT2D eigenvalue weighted by atomic mass is 9.99. The van der Waals surface area contributed by atoms with Gasteiger partial charge in [-0.05, 0) is 32.7 Å². The van der Waals surface area contributed by atoms with Gasteiger partial charge in [0.25, 0.3) is 0 Å². The van der Waals surface area contributed by atoms with Crippen molar-refractivity contribution in [1.29, 1.82) is 0 Å². The lowest BCUT2D eigenvalue weighted by molar-refractivity contribution is 0.187. The maximum absolute atomic E-state index is 5.53. The molecule has 0 radical (unpaired) electrons. The van der Waals surface area contributed by atoms with Crippen molar-refractivity contribution in [3.8, 4) is 0 Å². The molecule has 80 valence electrons. The summed E-state index contributed by atoms with van der Waals surface area (Å²) in [4.78, 5) is 2.42. The second-order valence-corrected chi connectivity index (χ2v) is 4.82. The smallest absolute Gasteiger partial charge is 0.0174 e. The van der Waals surface area contributed by atoms with Crippen molar-refractivity contribution < 1.29 is 0 Å². The van der Waals surface area contributed by atoms with E-state index in [1.807, 2.05) is 6.08 Å². The molecule has 0 spiro atoms. The Morgan fingerprint density at radius 3 is 2.57 bits per heavy atom. The summed E-state index contributed by atoms with van der Waals surface area (Å²) in [6, 6.07) is 2.31. The van der Waals surface area contributed by atoms with Gasteiger partial charge in [0.05, 0.1) is 0 Å².